The molecule has 1 N–H and O–H groups in total. The van der Waals surface area contributed by atoms with E-state index in [2.05, 4.69) is 31.2 Å². The molecule has 0 fully saturated rings. The van der Waals surface area contributed by atoms with Crippen molar-refractivity contribution in [3.63, 3.8) is 0 Å². The molecule has 2 nitrogen and oxygen atoms in total. The van der Waals surface area contributed by atoms with Crippen LogP contribution in [0.15, 0.2) is 29.2 Å². The molecule has 16 heavy (non-hydrogen) atoms. The van der Waals surface area contributed by atoms with E-state index < -0.39 is 5.97 Å². The van der Waals surface area contributed by atoms with Crippen molar-refractivity contribution in [3.8, 4) is 0 Å². The van der Waals surface area contributed by atoms with Crippen LogP contribution in [0.4, 0.5) is 0 Å². The second kappa shape index (κ2) is 7.34. The Bertz CT molecular complexity index is 319. The molecule has 0 atom stereocenters. The van der Waals surface area contributed by atoms with Gasteiger partial charge in [-0.3, -0.25) is 4.79 Å². The second-order valence-corrected chi connectivity index (χ2v) is 5.02. The third-order valence-corrected chi connectivity index (χ3v) is 3.23. The molecule has 0 spiro atoms. The Morgan fingerprint density at radius 1 is 1.25 bits per heavy atom. The van der Waals surface area contributed by atoms with Crippen molar-refractivity contribution in [1.29, 1.82) is 0 Å². The van der Waals surface area contributed by atoms with Crippen LogP contribution in [-0.4, -0.2) is 16.8 Å². The first-order chi connectivity index (χ1) is 7.72. The number of aliphatic carboxylic acids is 1. The Balaban J connectivity index is 2.29. The topological polar surface area (TPSA) is 37.3 Å². The first-order valence-electron chi connectivity index (χ1n) is 5.66. The van der Waals surface area contributed by atoms with E-state index in [1.807, 2.05) is 11.8 Å². The van der Waals surface area contributed by atoms with Gasteiger partial charge in [0.1, 0.15) is 0 Å². The predicted octanol–water partition coefficient (Wildman–Crippen LogP) is 3.60. The van der Waals surface area contributed by atoms with E-state index >= 15 is 0 Å². The molecule has 1 rings (SSSR count). The summed E-state index contributed by atoms with van der Waals surface area (Å²) in [4.78, 5) is 11.6. The van der Waals surface area contributed by atoms with Crippen LogP contribution in [-0.2, 0) is 11.2 Å². The van der Waals surface area contributed by atoms with Gasteiger partial charge >= 0.3 is 5.97 Å². The van der Waals surface area contributed by atoms with Gasteiger partial charge in [-0.25, -0.2) is 0 Å². The van der Waals surface area contributed by atoms with E-state index in [9.17, 15) is 4.79 Å². The van der Waals surface area contributed by atoms with Crippen molar-refractivity contribution in [1.82, 2.24) is 0 Å². The third-order valence-electron chi connectivity index (χ3n) is 2.34. The number of carboxylic acid groups (broad SMARTS) is 1. The van der Waals surface area contributed by atoms with E-state index in [0.29, 0.717) is 0 Å². The van der Waals surface area contributed by atoms with Crippen molar-refractivity contribution in [2.75, 3.05) is 5.75 Å². The molecule has 0 unspecified atom stereocenters. The number of carbonyl (C=O) groups is 1. The van der Waals surface area contributed by atoms with Crippen molar-refractivity contribution >= 4 is 17.7 Å². The highest BCUT2D eigenvalue weighted by Gasteiger charge is 1.98. The standard InChI is InChI=1S/C13H18O2S/c1-2-16-12-9-7-11(8-10-12)5-3-4-6-13(14)15/h7-10H,2-6H2,1H3,(H,14,15). The van der Waals surface area contributed by atoms with Gasteiger partial charge in [-0.05, 0) is 42.7 Å². The molecule has 0 saturated carbocycles. The molecular formula is C13H18O2S. The fraction of sp³-hybridized carbons (Fsp3) is 0.462. The smallest absolute Gasteiger partial charge is 0.303 e. The van der Waals surface area contributed by atoms with Crippen molar-refractivity contribution in [2.45, 2.75) is 37.5 Å². The summed E-state index contributed by atoms with van der Waals surface area (Å²) < 4.78 is 0. The summed E-state index contributed by atoms with van der Waals surface area (Å²) in [6, 6.07) is 8.55. The highest BCUT2D eigenvalue weighted by molar-refractivity contribution is 7.99. The van der Waals surface area contributed by atoms with Gasteiger partial charge in [0.2, 0.25) is 0 Å². The van der Waals surface area contributed by atoms with Crippen LogP contribution in [0.1, 0.15) is 31.7 Å². The second-order valence-electron chi connectivity index (χ2n) is 3.68. The predicted molar refractivity (Wildman–Crippen MR) is 68.0 cm³/mol. The van der Waals surface area contributed by atoms with Crippen LogP contribution in [0.2, 0.25) is 0 Å². The summed E-state index contributed by atoms with van der Waals surface area (Å²) in [5.41, 5.74) is 1.30. The molecule has 0 bridgehead atoms. The molecule has 0 aliphatic heterocycles. The first kappa shape index (κ1) is 13.1. The van der Waals surface area contributed by atoms with Crippen LogP contribution in [0.3, 0.4) is 0 Å². The number of carboxylic acids is 1. The summed E-state index contributed by atoms with van der Waals surface area (Å²) >= 11 is 1.84. The lowest BCUT2D eigenvalue weighted by Gasteiger charge is -2.02. The van der Waals surface area contributed by atoms with Gasteiger partial charge in [0.15, 0.2) is 0 Å². The average Bonchev–Trinajstić information content (AvgIpc) is 2.27. The number of rotatable bonds is 7. The van der Waals surface area contributed by atoms with E-state index in [1.54, 1.807) is 0 Å². The van der Waals surface area contributed by atoms with Crippen LogP contribution in [0.25, 0.3) is 0 Å². The van der Waals surface area contributed by atoms with Gasteiger partial charge in [-0.2, -0.15) is 0 Å². The zero-order valence-corrected chi connectivity index (χ0v) is 10.4. The quantitative estimate of drug-likeness (QED) is 0.582. The van der Waals surface area contributed by atoms with E-state index in [4.69, 9.17) is 5.11 Å². The van der Waals surface area contributed by atoms with Crippen LogP contribution >= 0.6 is 11.8 Å². The molecule has 0 saturated heterocycles. The number of hydrogen-bond acceptors (Lipinski definition) is 2. The summed E-state index contributed by atoms with van der Waals surface area (Å²) in [6.45, 7) is 2.14. The van der Waals surface area contributed by atoms with Crippen LogP contribution < -0.4 is 0 Å². The zero-order valence-electron chi connectivity index (χ0n) is 9.61. The summed E-state index contributed by atoms with van der Waals surface area (Å²) in [6.07, 6.45) is 2.97. The maximum Gasteiger partial charge on any atom is 0.303 e. The molecule has 1 aromatic rings. The SMILES string of the molecule is CCSc1ccc(CCCCC(=O)O)cc1. The number of aryl methyl sites for hydroxylation is 1. The highest BCUT2D eigenvalue weighted by atomic mass is 32.2. The van der Waals surface area contributed by atoms with Gasteiger partial charge in [-0.1, -0.05) is 19.1 Å². The molecule has 0 amide bonds. The molecule has 0 aromatic heterocycles. The summed E-state index contributed by atoms with van der Waals surface area (Å²) in [7, 11) is 0. The summed E-state index contributed by atoms with van der Waals surface area (Å²) in [5, 5.41) is 8.50. The zero-order chi connectivity index (χ0) is 11.8. The minimum absolute atomic E-state index is 0.282. The van der Waals surface area contributed by atoms with E-state index in [-0.39, 0.29) is 6.42 Å². The molecule has 3 heteroatoms. The molecular weight excluding hydrogens is 220 g/mol. The highest BCUT2D eigenvalue weighted by Crippen LogP contribution is 2.18. The Kier molecular flexibility index (Phi) is 6.01. The first-order valence-corrected chi connectivity index (χ1v) is 6.64. The lowest BCUT2D eigenvalue weighted by molar-refractivity contribution is -0.137. The number of thioether (sulfide) groups is 1. The molecule has 0 heterocycles. The molecule has 0 aliphatic rings. The van der Waals surface area contributed by atoms with Crippen LogP contribution in [0.5, 0.6) is 0 Å². The normalized spacial score (nSPS) is 10.3. The lowest BCUT2D eigenvalue weighted by atomic mass is 10.1. The number of unbranched alkanes of at least 4 members (excludes halogenated alkanes) is 1. The van der Waals surface area contributed by atoms with Gasteiger partial charge in [0, 0.05) is 11.3 Å². The Labute approximate surface area is 101 Å². The van der Waals surface area contributed by atoms with Gasteiger partial charge in [-0.15, -0.1) is 11.8 Å². The number of hydrogen-bond donors (Lipinski definition) is 1. The maximum absolute atomic E-state index is 10.3. The third kappa shape index (κ3) is 5.21. The van der Waals surface area contributed by atoms with Crippen molar-refractivity contribution < 1.29 is 9.90 Å². The van der Waals surface area contributed by atoms with Crippen molar-refractivity contribution in [3.05, 3.63) is 29.8 Å². The number of benzene rings is 1. The fourth-order valence-electron chi connectivity index (χ4n) is 1.52. The minimum atomic E-state index is -0.699. The average molecular weight is 238 g/mol. The Hall–Kier alpha value is -0.960. The lowest BCUT2D eigenvalue weighted by Crippen LogP contribution is -1.94. The molecule has 1 aromatic carbocycles. The maximum atomic E-state index is 10.3. The molecule has 88 valence electrons. The van der Waals surface area contributed by atoms with Crippen LogP contribution in [0, 0.1) is 0 Å². The van der Waals surface area contributed by atoms with Gasteiger partial charge in [0.25, 0.3) is 0 Å². The monoisotopic (exact) mass is 238 g/mol. The fourth-order valence-corrected chi connectivity index (χ4v) is 2.19. The van der Waals surface area contributed by atoms with Gasteiger partial charge < -0.3 is 5.11 Å². The summed E-state index contributed by atoms with van der Waals surface area (Å²) in [5.74, 6) is 0.396. The minimum Gasteiger partial charge on any atom is -0.481 e. The Morgan fingerprint density at radius 3 is 2.50 bits per heavy atom. The Morgan fingerprint density at radius 2 is 1.94 bits per heavy atom. The van der Waals surface area contributed by atoms with Crippen molar-refractivity contribution in [2.24, 2.45) is 0 Å². The van der Waals surface area contributed by atoms with E-state index in [0.717, 1.165) is 25.0 Å². The molecule has 0 aliphatic carbocycles. The van der Waals surface area contributed by atoms with Gasteiger partial charge in [0.05, 0.1) is 0 Å². The molecule has 0 radical (unpaired) electrons. The largest absolute Gasteiger partial charge is 0.481 e. The van der Waals surface area contributed by atoms with E-state index in [1.165, 1.54) is 10.5 Å².